The van der Waals surface area contributed by atoms with Gasteiger partial charge >= 0.3 is 6.09 Å². The van der Waals surface area contributed by atoms with Gasteiger partial charge in [-0.25, -0.2) is 10.2 Å². The molecule has 0 fully saturated rings. The summed E-state index contributed by atoms with van der Waals surface area (Å²) in [6.07, 6.45) is -0.276. The highest BCUT2D eigenvalue weighted by Crippen LogP contribution is 2.19. The van der Waals surface area contributed by atoms with E-state index in [0.29, 0.717) is 23.6 Å². The van der Waals surface area contributed by atoms with Gasteiger partial charge in [0.15, 0.2) is 0 Å². The number of hydrazone groups is 1. The topological polar surface area (TPSA) is 109 Å². The van der Waals surface area contributed by atoms with Gasteiger partial charge in [-0.1, -0.05) is 79.7 Å². The van der Waals surface area contributed by atoms with Crippen LogP contribution in [0.25, 0.3) is 0 Å². The minimum Gasteiger partial charge on any atom is -0.445 e. The highest BCUT2D eigenvalue weighted by atomic mass is 32.2. The molecule has 9 heteroatoms. The fraction of sp³-hybridized carbons (Fsp3) is 0.241. The van der Waals surface area contributed by atoms with Gasteiger partial charge in [-0.05, 0) is 28.8 Å². The number of hydrogen-bond donors (Lipinski definition) is 3. The van der Waals surface area contributed by atoms with Crippen LogP contribution in [0, 0.1) is 5.92 Å². The number of rotatable bonds is 10. The number of nitrogens with one attached hydrogen (secondary N) is 3. The quantitative estimate of drug-likeness (QED) is 0.352. The number of ether oxygens (including phenoxy) is 1. The van der Waals surface area contributed by atoms with Crippen molar-refractivity contribution in [3.8, 4) is 0 Å². The SMILES string of the molecule is CC1CC(=O)NN=C1c1ccc(NC(=O)[C@H](CSCc2ccccc2)NC(=O)OCc2ccccc2)cc1. The van der Waals surface area contributed by atoms with Gasteiger partial charge in [-0.2, -0.15) is 16.9 Å². The fourth-order valence-corrected chi connectivity index (χ4v) is 4.93. The maximum absolute atomic E-state index is 13.2. The monoisotopic (exact) mass is 530 g/mol. The Morgan fingerprint density at radius 1 is 1.00 bits per heavy atom. The van der Waals surface area contributed by atoms with Gasteiger partial charge in [-0.3, -0.25) is 9.59 Å². The van der Waals surface area contributed by atoms with Crippen LogP contribution in [0.15, 0.2) is 90.0 Å². The Kier molecular flexibility index (Phi) is 9.53. The number of alkyl carbamates (subject to hydrolysis) is 1. The van der Waals surface area contributed by atoms with E-state index in [1.165, 1.54) is 0 Å². The minimum atomic E-state index is -0.801. The first-order valence-corrected chi connectivity index (χ1v) is 13.5. The first-order valence-electron chi connectivity index (χ1n) is 12.3. The summed E-state index contributed by atoms with van der Waals surface area (Å²) in [5.41, 5.74) is 6.76. The summed E-state index contributed by atoms with van der Waals surface area (Å²) in [4.78, 5) is 37.2. The average molecular weight is 531 g/mol. The summed E-state index contributed by atoms with van der Waals surface area (Å²) in [5.74, 6) is 0.632. The smallest absolute Gasteiger partial charge is 0.408 e. The number of carbonyl (C=O) groups is 3. The van der Waals surface area contributed by atoms with Crippen molar-refractivity contribution in [1.82, 2.24) is 10.7 Å². The van der Waals surface area contributed by atoms with E-state index in [9.17, 15) is 14.4 Å². The summed E-state index contributed by atoms with van der Waals surface area (Å²) >= 11 is 1.55. The number of hydrogen-bond acceptors (Lipinski definition) is 6. The van der Waals surface area contributed by atoms with Crippen LogP contribution >= 0.6 is 11.8 Å². The lowest BCUT2D eigenvalue weighted by Gasteiger charge is -2.20. The zero-order valence-electron chi connectivity index (χ0n) is 21.1. The normalized spacial score (nSPS) is 15.6. The molecule has 3 amide bonds. The van der Waals surface area contributed by atoms with Crippen LogP contribution in [0.5, 0.6) is 0 Å². The van der Waals surface area contributed by atoms with Crippen molar-refractivity contribution < 1.29 is 19.1 Å². The standard InChI is InChI=1S/C29H30N4O4S/c1-20-16-26(34)32-33-27(20)23-12-14-24(15-13-23)30-28(35)25(19-38-18-22-10-6-3-7-11-22)31-29(36)37-17-21-8-4-2-5-9-21/h2-15,20,25H,16-19H2,1H3,(H,30,35)(H,31,36)(H,32,34)/t20?,25-/m0/s1. The third kappa shape index (κ3) is 7.94. The number of anilines is 1. The Balaban J connectivity index is 1.38. The predicted octanol–water partition coefficient (Wildman–Crippen LogP) is 4.71. The van der Waals surface area contributed by atoms with Crippen LogP contribution in [0.1, 0.15) is 30.0 Å². The lowest BCUT2D eigenvalue weighted by Crippen LogP contribution is -2.45. The Morgan fingerprint density at radius 2 is 1.66 bits per heavy atom. The van der Waals surface area contributed by atoms with Crippen LogP contribution in [0.2, 0.25) is 0 Å². The average Bonchev–Trinajstić information content (AvgIpc) is 2.93. The highest BCUT2D eigenvalue weighted by Gasteiger charge is 2.23. The molecule has 1 aliphatic heterocycles. The molecule has 0 bridgehead atoms. The third-order valence-electron chi connectivity index (χ3n) is 5.93. The zero-order valence-corrected chi connectivity index (χ0v) is 21.9. The molecule has 0 radical (unpaired) electrons. The Bertz CT molecular complexity index is 1270. The molecule has 38 heavy (non-hydrogen) atoms. The van der Waals surface area contributed by atoms with Crippen LogP contribution < -0.4 is 16.1 Å². The summed E-state index contributed by atoms with van der Waals surface area (Å²) in [6, 6.07) is 25.8. The molecule has 1 aliphatic rings. The van der Waals surface area contributed by atoms with E-state index in [4.69, 9.17) is 4.74 Å². The first-order chi connectivity index (χ1) is 18.5. The Hall–Kier alpha value is -4.11. The van der Waals surface area contributed by atoms with Gasteiger partial charge in [0.25, 0.3) is 0 Å². The van der Waals surface area contributed by atoms with Gasteiger partial charge in [0.1, 0.15) is 12.6 Å². The molecule has 8 nitrogen and oxygen atoms in total. The molecule has 1 unspecified atom stereocenters. The Morgan fingerprint density at radius 3 is 2.32 bits per heavy atom. The predicted molar refractivity (Wildman–Crippen MR) is 150 cm³/mol. The summed E-state index contributed by atoms with van der Waals surface area (Å²) in [7, 11) is 0. The number of nitrogens with zero attached hydrogens (tertiary/aromatic N) is 1. The molecule has 0 saturated carbocycles. The van der Waals surface area contributed by atoms with E-state index in [1.807, 2.05) is 79.7 Å². The number of benzene rings is 3. The van der Waals surface area contributed by atoms with E-state index < -0.39 is 12.1 Å². The molecule has 3 N–H and O–H groups in total. The molecule has 0 spiro atoms. The molecule has 2 atom stereocenters. The number of carbonyl (C=O) groups excluding carboxylic acids is 3. The van der Waals surface area contributed by atoms with Crippen LogP contribution in [-0.4, -0.2) is 35.4 Å². The molecule has 0 aromatic heterocycles. The van der Waals surface area contributed by atoms with Gasteiger partial charge in [0.2, 0.25) is 11.8 Å². The second-order valence-electron chi connectivity index (χ2n) is 8.96. The van der Waals surface area contributed by atoms with Crippen molar-refractivity contribution in [2.75, 3.05) is 11.1 Å². The molecule has 3 aromatic carbocycles. The van der Waals surface area contributed by atoms with E-state index >= 15 is 0 Å². The molecular formula is C29H30N4O4S. The summed E-state index contributed by atoms with van der Waals surface area (Å²) in [5, 5.41) is 9.78. The van der Waals surface area contributed by atoms with Crippen molar-refractivity contribution in [1.29, 1.82) is 0 Å². The molecule has 3 aromatic rings. The second-order valence-corrected chi connectivity index (χ2v) is 9.99. The second kappa shape index (κ2) is 13.4. The van der Waals surface area contributed by atoms with Crippen molar-refractivity contribution >= 4 is 41.1 Å². The third-order valence-corrected chi connectivity index (χ3v) is 7.03. The molecule has 0 saturated heterocycles. The minimum absolute atomic E-state index is 0.00121. The van der Waals surface area contributed by atoms with Gasteiger partial charge in [0, 0.05) is 29.5 Å². The Labute approximate surface area is 226 Å². The van der Waals surface area contributed by atoms with E-state index in [1.54, 1.807) is 23.9 Å². The van der Waals surface area contributed by atoms with Crippen molar-refractivity contribution in [2.45, 2.75) is 31.7 Å². The molecular weight excluding hydrogens is 500 g/mol. The molecule has 196 valence electrons. The van der Waals surface area contributed by atoms with E-state index in [2.05, 4.69) is 21.2 Å². The summed E-state index contributed by atoms with van der Waals surface area (Å²) < 4.78 is 5.34. The fourth-order valence-electron chi connectivity index (χ4n) is 3.91. The van der Waals surface area contributed by atoms with Crippen LogP contribution in [0.4, 0.5) is 10.5 Å². The molecule has 0 aliphatic carbocycles. The van der Waals surface area contributed by atoms with Crippen molar-refractivity contribution in [3.63, 3.8) is 0 Å². The zero-order chi connectivity index (χ0) is 26.7. The van der Waals surface area contributed by atoms with Gasteiger partial charge in [0.05, 0.1) is 5.71 Å². The maximum Gasteiger partial charge on any atom is 0.408 e. The van der Waals surface area contributed by atoms with Crippen LogP contribution in [-0.2, 0) is 26.7 Å². The first kappa shape index (κ1) is 26.9. The van der Waals surface area contributed by atoms with E-state index in [0.717, 1.165) is 22.4 Å². The van der Waals surface area contributed by atoms with Crippen molar-refractivity contribution in [3.05, 3.63) is 102 Å². The number of amides is 3. The molecule has 4 rings (SSSR count). The van der Waals surface area contributed by atoms with Gasteiger partial charge in [-0.15, -0.1) is 0 Å². The molecule has 1 heterocycles. The highest BCUT2D eigenvalue weighted by molar-refractivity contribution is 7.98. The van der Waals surface area contributed by atoms with Crippen LogP contribution in [0.3, 0.4) is 0 Å². The largest absolute Gasteiger partial charge is 0.445 e. The van der Waals surface area contributed by atoms with Crippen molar-refractivity contribution in [2.24, 2.45) is 11.0 Å². The lowest BCUT2D eigenvalue weighted by atomic mass is 9.94. The maximum atomic E-state index is 13.2. The lowest BCUT2D eigenvalue weighted by molar-refractivity contribution is -0.122. The summed E-state index contributed by atoms with van der Waals surface area (Å²) in [6.45, 7) is 2.07. The van der Waals surface area contributed by atoms with E-state index in [-0.39, 0.29) is 24.3 Å². The van der Waals surface area contributed by atoms with Gasteiger partial charge < -0.3 is 15.4 Å². The number of thioether (sulfide) groups is 1.